The predicted molar refractivity (Wildman–Crippen MR) is 88.8 cm³/mol. The van der Waals surface area contributed by atoms with E-state index in [-0.39, 0.29) is 12.5 Å². The third kappa shape index (κ3) is 2.99. The Bertz CT molecular complexity index is 872. The number of piperidine rings is 1. The summed E-state index contributed by atoms with van der Waals surface area (Å²) in [5.41, 5.74) is -0.415. The number of nitrogens with zero attached hydrogens (tertiary/aromatic N) is 4. The third-order valence-corrected chi connectivity index (χ3v) is 4.49. The number of aryl methyl sites for hydroxylation is 2. The molecule has 9 heteroatoms. The van der Waals surface area contributed by atoms with E-state index in [2.05, 4.69) is 15.6 Å². The first-order valence-corrected chi connectivity index (χ1v) is 8.07. The molecule has 0 radical (unpaired) electrons. The van der Waals surface area contributed by atoms with Crippen LogP contribution in [0.2, 0.25) is 0 Å². The number of carbonyl (C=O) groups is 1. The van der Waals surface area contributed by atoms with Crippen LogP contribution in [-0.2, 0) is 25.4 Å². The van der Waals surface area contributed by atoms with Crippen LogP contribution in [0.3, 0.4) is 0 Å². The van der Waals surface area contributed by atoms with Crippen molar-refractivity contribution in [2.75, 3.05) is 19.6 Å². The number of carbonyl (C=O) groups excluding carboxylic acids is 1. The van der Waals surface area contributed by atoms with Gasteiger partial charge in [0, 0.05) is 20.6 Å². The Morgan fingerprint density at radius 2 is 2.21 bits per heavy atom. The molecule has 1 saturated heterocycles. The Labute approximate surface area is 138 Å². The SMILES string of the molecule is Cn1cnc2c1c(=O)n(CC(=O)NCC1CCCNC1)c(=O)n2C. The van der Waals surface area contributed by atoms with Gasteiger partial charge < -0.3 is 15.2 Å². The minimum absolute atomic E-state index is 0.285. The summed E-state index contributed by atoms with van der Waals surface area (Å²) < 4.78 is 3.80. The lowest BCUT2D eigenvalue weighted by molar-refractivity contribution is -0.122. The Morgan fingerprint density at radius 3 is 2.92 bits per heavy atom. The van der Waals surface area contributed by atoms with Crippen LogP contribution in [0.4, 0.5) is 0 Å². The lowest BCUT2D eigenvalue weighted by atomic mass is 10.00. The first-order chi connectivity index (χ1) is 11.5. The van der Waals surface area contributed by atoms with Gasteiger partial charge in [0.15, 0.2) is 11.2 Å². The van der Waals surface area contributed by atoms with Crippen LogP contribution >= 0.6 is 0 Å². The first-order valence-electron chi connectivity index (χ1n) is 8.07. The zero-order chi connectivity index (χ0) is 17.3. The largest absolute Gasteiger partial charge is 0.354 e. The molecule has 0 aliphatic carbocycles. The van der Waals surface area contributed by atoms with Crippen LogP contribution in [0.1, 0.15) is 12.8 Å². The fourth-order valence-electron chi connectivity index (χ4n) is 3.09. The standard InChI is InChI=1S/C15H22N6O3/c1-19-9-18-13-12(19)14(23)21(15(24)20(13)2)8-11(22)17-7-10-4-3-5-16-6-10/h9-10,16H,3-8H2,1-2H3,(H,17,22). The third-order valence-electron chi connectivity index (χ3n) is 4.49. The summed E-state index contributed by atoms with van der Waals surface area (Å²) in [5.74, 6) is 0.0584. The van der Waals surface area contributed by atoms with Crippen LogP contribution in [-0.4, -0.2) is 44.2 Å². The molecule has 1 aliphatic rings. The molecule has 1 atom stereocenters. The molecule has 24 heavy (non-hydrogen) atoms. The Hall–Kier alpha value is -2.42. The molecule has 0 saturated carbocycles. The number of rotatable bonds is 4. The van der Waals surface area contributed by atoms with Crippen molar-refractivity contribution in [2.45, 2.75) is 19.4 Å². The molecule has 0 aromatic carbocycles. The monoisotopic (exact) mass is 334 g/mol. The van der Waals surface area contributed by atoms with E-state index in [0.717, 1.165) is 30.5 Å². The van der Waals surface area contributed by atoms with Gasteiger partial charge in [0.2, 0.25) is 5.91 Å². The summed E-state index contributed by atoms with van der Waals surface area (Å²) >= 11 is 0. The fraction of sp³-hybridized carbons (Fsp3) is 0.600. The highest BCUT2D eigenvalue weighted by atomic mass is 16.2. The molecular weight excluding hydrogens is 312 g/mol. The fourth-order valence-corrected chi connectivity index (χ4v) is 3.09. The average molecular weight is 334 g/mol. The normalized spacial score (nSPS) is 18.0. The molecule has 2 aromatic heterocycles. The van der Waals surface area contributed by atoms with Crippen molar-refractivity contribution in [1.82, 2.24) is 29.3 Å². The van der Waals surface area contributed by atoms with Gasteiger partial charge in [-0.25, -0.2) is 14.3 Å². The number of imidazole rings is 1. The lowest BCUT2D eigenvalue weighted by Crippen LogP contribution is -2.45. The summed E-state index contributed by atoms with van der Waals surface area (Å²) in [6.45, 7) is 2.16. The quantitative estimate of drug-likeness (QED) is 0.712. The lowest BCUT2D eigenvalue weighted by Gasteiger charge is -2.22. The highest BCUT2D eigenvalue weighted by molar-refractivity contribution is 5.76. The van der Waals surface area contributed by atoms with Gasteiger partial charge in [0.1, 0.15) is 6.54 Å². The van der Waals surface area contributed by atoms with Gasteiger partial charge in [0.25, 0.3) is 5.56 Å². The second kappa shape index (κ2) is 6.60. The van der Waals surface area contributed by atoms with Crippen molar-refractivity contribution in [2.24, 2.45) is 20.0 Å². The molecule has 1 fully saturated rings. The number of aromatic nitrogens is 4. The molecular formula is C15H22N6O3. The zero-order valence-electron chi connectivity index (χ0n) is 13.9. The van der Waals surface area contributed by atoms with E-state index < -0.39 is 11.2 Å². The smallest absolute Gasteiger partial charge is 0.332 e. The van der Waals surface area contributed by atoms with Crippen molar-refractivity contribution in [3.05, 3.63) is 27.2 Å². The van der Waals surface area contributed by atoms with E-state index in [4.69, 9.17) is 0 Å². The van der Waals surface area contributed by atoms with Gasteiger partial charge in [-0.15, -0.1) is 0 Å². The summed E-state index contributed by atoms with van der Waals surface area (Å²) in [4.78, 5) is 41.1. The van der Waals surface area contributed by atoms with Gasteiger partial charge in [-0.2, -0.15) is 0 Å². The van der Waals surface area contributed by atoms with E-state index in [1.807, 2.05) is 0 Å². The van der Waals surface area contributed by atoms with Crippen LogP contribution in [0.5, 0.6) is 0 Å². The number of hydrogen-bond acceptors (Lipinski definition) is 5. The average Bonchev–Trinajstić information content (AvgIpc) is 2.98. The molecule has 0 bridgehead atoms. The molecule has 1 aliphatic heterocycles. The van der Waals surface area contributed by atoms with E-state index in [0.29, 0.717) is 23.6 Å². The molecule has 3 rings (SSSR count). The van der Waals surface area contributed by atoms with Crippen molar-refractivity contribution in [1.29, 1.82) is 0 Å². The molecule has 9 nitrogen and oxygen atoms in total. The summed E-state index contributed by atoms with van der Waals surface area (Å²) in [6, 6.07) is 0. The Balaban J connectivity index is 1.79. The number of hydrogen-bond donors (Lipinski definition) is 2. The molecule has 130 valence electrons. The van der Waals surface area contributed by atoms with E-state index in [9.17, 15) is 14.4 Å². The van der Waals surface area contributed by atoms with Crippen molar-refractivity contribution < 1.29 is 4.79 Å². The molecule has 1 unspecified atom stereocenters. The van der Waals surface area contributed by atoms with E-state index in [1.165, 1.54) is 10.9 Å². The molecule has 1 amide bonds. The van der Waals surface area contributed by atoms with Gasteiger partial charge >= 0.3 is 5.69 Å². The number of amides is 1. The van der Waals surface area contributed by atoms with Crippen LogP contribution in [0.15, 0.2) is 15.9 Å². The van der Waals surface area contributed by atoms with Crippen LogP contribution in [0.25, 0.3) is 11.2 Å². The Morgan fingerprint density at radius 1 is 1.42 bits per heavy atom. The molecule has 0 spiro atoms. The molecule has 3 heterocycles. The van der Waals surface area contributed by atoms with Crippen molar-refractivity contribution >= 4 is 17.1 Å². The van der Waals surface area contributed by atoms with E-state index in [1.54, 1.807) is 18.7 Å². The number of fused-ring (bicyclic) bond motifs is 1. The first kappa shape index (κ1) is 16.4. The maximum atomic E-state index is 12.5. The molecule has 2 N–H and O–H groups in total. The van der Waals surface area contributed by atoms with Gasteiger partial charge in [-0.3, -0.25) is 14.2 Å². The van der Waals surface area contributed by atoms with Crippen molar-refractivity contribution in [3.8, 4) is 0 Å². The van der Waals surface area contributed by atoms with Crippen LogP contribution < -0.4 is 21.9 Å². The predicted octanol–water partition coefficient (Wildman–Crippen LogP) is -1.45. The highest BCUT2D eigenvalue weighted by Crippen LogP contribution is 2.08. The zero-order valence-corrected chi connectivity index (χ0v) is 13.9. The topological polar surface area (TPSA) is 103 Å². The highest BCUT2D eigenvalue weighted by Gasteiger charge is 2.18. The van der Waals surface area contributed by atoms with Crippen LogP contribution in [0, 0.1) is 5.92 Å². The van der Waals surface area contributed by atoms with Gasteiger partial charge in [-0.1, -0.05) is 0 Å². The van der Waals surface area contributed by atoms with E-state index >= 15 is 0 Å². The van der Waals surface area contributed by atoms with Crippen molar-refractivity contribution in [3.63, 3.8) is 0 Å². The Kier molecular flexibility index (Phi) is 4.52. The van der Waals surface area contributed by atoms with Gasteiger partial charge in [-0.05, 0) is 31.8 Å². The molecule has 2 aromatic rings. The van der Waals surface area contributed by atoms with Gasteiger partial charge in [0.05, 0.1) is 6.33 Å². The summed E-state index contributed by atoms with van der Waals surface area (Å²) in [5, 5.41) is 6.11. The minimum Gasteiger partial charge on any atom is -0.354 e. The maximum absolute atomic E-state index is 12.5. The summed E-state index contributed by atoms with van der Waals surface area (Å²) in [7, 11) is 3.22. The summed E-state index contributed by atoms with van der Waals surface area (Å²) in [6.07, 6.45) is 3.64. The minimum atomic E-state index is -0.541. The number of nitrogens with one attached hydrogen (secondary N) is 2. The second-order valence-corrected chi connectivity index (χ2v) is 6.28. The maximum Gasteiger partial charge on any atom is 0.332 e. The second-order valence-electron chi connectivity index (χ2n) is 6.28.